The predicted molar refractivity (Wildman–Crippen MR) is 142 cm³/mol. The lowest BCUT2D eigenvalue weighted by Crippen LogP contribution is -2.31. The second-order valence-electron chi connectivity index (χ2n) is 12.7. The van der Waals surface area contributed by atoms with Crippen molar-refractivity contribution in [1.29, 1.82) is 0 Å². The fourth-order valence-corrected chi connectivity index (χ4v) is 6.23. The zero-order chi connectivity index (χ0) is 25.5. The highest BCUT2D eigenvalue weighted by atomic mass is 16.5. The van der Waals surface area contributed by atoms with Gasteiger partial charge < -0.3 is 14.9 Å². The van der Waals surface area contributed by atoms with Crippen LogP contribution < -0.4 is 0 Å². The number of hydrogen-bond acceptors (Lipinski definition) is 4. The first-order chi connectivity index (χ1) is 16.4. The number of ether oxygens (including phenoxy) is 1. The van der Waals surface area contributed by atoms with E-state index in [1.54, 1.807) is 7.11 Å². The molecule has 35 heavy (non-hydrogen) atoms. The van der Waals surface area contributed by atoms with Gasteiger partial charge in [0.2, 0.25) is 0 Å². The van der Waals surface area contributed by atoms with E-state index in [9.17, 15) is 10.2 Å². The fourth-order valence-electron chi connectivity index (χ4n) is 6.23. The first-order valence-corrected chi connectivity index (χ1v) is 13.5. The third-order valence-electron chi connectivity index (χ3n) is 8.27. The molecular formula is C31H45NO3. The molecule has 192 valence electrons. The first-order valence-electron chi connectivity index (χ1n) is 13.5. The summed E-state index contributed by atoms with van der Waals surface area (Å²) < 4.78 is 5.80. The normalized spacial score (nSPS) is 22.5. The zero-order valence-electron chi connectivity index (χ0n) is 22.8. The lowest BCUT2D eigenvalue weighted by atomic mass is 9.69. The Morgan fingerprint density at radius 1 is 1.03 bits per heavy atom. The van der Waals surface area contributed by atoms with Crippen LogP contribution in [0.25, 0.3) is 0 Å². The molecule has 2 aliphatic carbocycles. The molecule has 0 saturated heterocycles. The molecule has 3 unspecified atom stereocenters. The summed E-state index contributed by atoms with van der Waals surface area (Å²) in [6.07, 6.45) is 5.76. The van der Waals surface area contributed by atoms with Crippen LogP contribution in [0.15, 0.2) is 24.3 Å². The predicted octanol–water partition coefficient (Wildman–Crippen LogP) is 7.22. The topological polar surface area (TPSA) is 62.6 Å². The van der Waals surface area contributed by atoms with Crippen molar-refractivity contribution in [1.82, 2.24) is 4.98 Å². The Morgan fingerprint density at radius 3 is 2.23 bits per heavy atom. The van der Waals surface area contributed by atoms with Crippen LogP contribution in [0, 0.1) is 5.41 Å². The molecule has 4 rings (SSSR count). The summed E-state index contributed by atoms with van der Waals surface area (Å²) in [7, 11) is 1.71. The van der Waals surface area contributed by atoms with E-state index < -0.39 is 12.2 Å². The number of benzene rings is 1. The molecule has 0 amide bonds. The smallest absolute Gasteiger partial charge is 0.106 e. The van der Waals surface area contributed by atoms with Crippen molar-refractivity contribution in [3.05, 3.63) is 63.5 Å². The average molecular weight is 480 g/mol. The van der Waals surface area contributed by atoms with Crippen LogP contribution in [0.2, 0.25) is 0 Å². The van der Waals surface area contributed by atoms with Crippen molar-refractivity contribution >= 4 is 0 Å². The third kappa shape index (κ3) is 5.35. The Labute approximate surface area is 212 Å². The molecule has 1 fully saturated rings. The van der Waals surface area contributed by atoms with E-state index in [4.69, 9.17) is 9.72 Å². The van der Waals surface area contributed by atoms with Crippen LogP contribution >= 0.6 is 0 Å². The van der Waals surface area contributed by atoms with Crippen molar-refractivity contribution < 1.29 is 14.9 Å². The molecule has 3 atom stereocenters. The molecule has 1 aromatic heterocycles. The van der Waals surface area contributed by atoms with Crippen molar-refractivity contribution in [3.63, 3.8) is 0 Å². The highest BCUT2D eigenvalue weighted by Crippen LogP contribution is 2.49. The van der Waals surface area contributed by atoms with Crippen LogP contribution in [-0.2, 0) is 16.6 Å². The summed E-state index contributed by atoms with van der Waals surface area (Å²) in [4.78, 5) is 5.14. The minimum atomic E-state index is -0.812. The van der Waals surface area contributed by atoms with E-state index >= 15 is 0 Å². The van der Waals surface area contributed by atoms with E-state index in [1.807, 2.05) is 6.92 Å². The van der Waals surface area contributed by atoms with E-state index in [0.29, 0.717) is 5.92 Å². The van der Waals surface area contributed by atoms with E-state index in [0.717, 1.165) is 59.3 Å². The lowest BCUT2D eigenvalue weighted by Gasteiger charge is -2.39. The molecule has 0 bridgehead atoms. The second kappa shape index (κ2) is 9.95. The largest absolute Gasteiger partial charge is 0.388 e. The number of aromatic nitrogens is 1. The average Bonchev–Trinajstić information content (AvgIpc) is 2.81. The van der Waals surface area contributed by atoms with Crippen molar-refractivity contribution in [2.75, 3.05) is 7.11 Å². The number of nitrogens with zero attached hydrogens (tertiary/aromatic N) is 1. The van der Waals surface area contributed by atoms with Crippen LogP contribution in [0.5, 0.6) is 0 Å². The minimum absolute atomic E-state index is 0.0141. The van der Waals surface area contributed by atoms with Gasteiger partial charge in [-0.2, -0.15) is 0 Å². The van der Waals surface area contributed by atoms with Crippen molar-refractivity contribution in [2.24, 2.45) is 5.41 Å². The number of pyridine rings is 1. The zero-order valence-corrected chi connectivity index (χ0v) is 22.8. The number of fused-ring (bicyclic) bond motifs is 1. The molecule has 4 heteroatoms. The number of aliphatic hydroxyl groups excluding tert-OH is 2. The minimum Gasteiger partial charge on any atom is -0.388 e. The Bertz CT molecular complexity index is 1030. The Balaban J connectivity index is 1.94. The summed E-state index contributed by atoms with van der Waals surface area (Å²) in [6.45, 7) is 13.0. The summed E-state index contributed by atoms with van der Waals surface area (Å²) in [6, 6.07) is 8.36. The molecule has 0 spiro atoms. The van der Waals surface area contributed by atoms with Crippen LogP contribution in [0.3, 0.4) is 0 Å². The number of aliphatic hydroxyl groups is 2. The maximum absolute atomic E-state index is 11.9. The molecule has 1 aromatic carbocycles. The van der Waals surface area contributed by atoms with Crippen molar-refractivity contribution in [2.45, 2.75) is 116 Å². The number of rotatable bonds is 5. The Kier molecular flexibility index (Phi) is 7.48. The summed E-state index contributed by atoms with van der Waals surface area (Å²) in [5, 5.41) is 23.4. The molecule has 2 aliphatic rings. The summed E-state index contributed by atoms with van der Waals surface area (Å²) >= 11 is 0. The van der Waals surface area contributed by atoms with E-state index in [-0.39, 0.29) is 16.9 Å². The van der Waals surface area contributed by atoms with Crippen LogP contribution in [0.1, 0.15) is 144 Å². The Hall–Kier alpha value is -1.75. The molecule has 2 aromatic rings. The van der Waals surface area contributed by atoms with Gasteiger partial charge in [0.15, 0.2) is 0 Å². The van der Waals surface area contributed by atoms with Gasteiger partial charge in [-0.3, -0.25) is 4.98 Å². The molecule has 0 radical (unpaired) electrons. The molecule has 1 saturated carbocycles. The van der Waals surface area contributed by atoms with E-state index in [1.165, 1.54) is 24.8 Å². The van der Waals surface area contributed by atoms with Crippen LogP contribution in [-0.4, -0.2) is 22.3 Å². The SMILES string of the molecule is COC(C)c1nc2c(c(C3CCCCC3)c1C(O)c1ccc(C(C)(C)C)cc1)C(O)CC(C)(C)C2. The quantitative estimate of drug-likeness (QED) is 0.475. The lowest BCUT2D eigenvalue weighted by molar-refractivity contribution is 0.0915. The molecule has 2 N–H and O–H groups in total. The summed E-state index contributed by atoms with van der Waals surface area (Å²) in [5.74, 6) is 0.331. The number of methoxy groups -OCH3 is 1. The molecular weight excluding hydrogens is 434 g/mol. The molecule has 1 heterocycles. The van der Waals surface area contributed by atoms with E-state index in [2.05, 4.69) is 58.9 Å². The van der Waals surface area contributed by atoms with Gasteiger partial charge in [0.1, 0.15) is 6.10 Å². The summed E-state index contributed by atoms with van der Waals surface area (Å²) in [5.41, 5.74) is 6.98. The second-order valence-corrected chi connectivity index (χ2v) is 12.7. The van der Waals surface area contributed by atoms with Gasteiger partial charge in [-0.15, -0.1) is 0 Å². The molecule has 4 nitrogen and oxygen atoms in total. The highest BCUT2D eigenvalue weighted by molar-refractivity contribution is 5.50. The monoisotopic (exact) mass is 479 g/mol. The standard InChI is InChI=1S/C31H45NO3/c1-19(35-7)28-27(29(34)21-13-15-22(16-14-21)30(2,3)4)25(20-11-9-8-10-12-20)26-23(32-28)17-31(5,6)18-24(26)33/h13-16,19-20,24,29,33-34H,8-12,17-18H2,1-7H3. The highest BCUT2D eigenvalue weighted by Gasteiger charge is 2.39. The van der Waals surface area contributed by atoms with Gasteiger partial charge in [-0.1, -0.05) is 78.1 Å². The van der Waals surface area contributed by atoms with Gasteiger partial charge in [0.05, 0.1) is 17.9 Å². The maximum Gasteiger partial charge on any atom is 0.106 e. The van der Waals surface area contributed by atoms with Crippen LogP contribution in [0.4, 0.5) is 0 Å². The van der Waals surface area contributed by atoms with Gasteiger partial charge >= 0.3 is 0 Å². The fraction of sp³-hybridized carbons (Fsp3) is 0.645. The first kappa shape index (κ1) is 26.3. The molecule has 0 aliphatic heterocycles. The Morgan fingerprint density at radius 2 is 1.66 bits per heavy atom. The van der Waals surface area contributed by atoms with Gasteiger partial charge in [0.25, 0.3) is 0 Å². The van der Waals surface area contributed by atoms with Gasteiger partial charge in [0, 0.05) is 23.9 Å². The third-order valence-corrected chi connectivity index (χ3v) is 8.27. The van der Waals surface area contributed by atoms with Crippen molar-refractivity contribution in [3.8, 4) is 0 Å². The van der Waals surface area contributed by atoms with Gasteiger partial charge in [-0.25, -0.2) is 0 Å². The maximum atomic E-state index is 11.9. The van der Waals surface area contributed by atoms with Gasteiger partial charge in [-0.05, 0) is 66.0 Å². The number of hydrogen-bond donors (Lipinski definition) is 2.